The summed E-state index contributed by atoms with van der Waals surface area (Å²) in [6, 6.07) is 8.90. The van der Waals surface area contributed by atoms with E-state index in [9.17, 15) is 9.90 Å². The summed E-state index contributed by atoms with van der Waals surface area (Å²) < 4.78 is 16.5. The summed E-state index contributed by atoms with van der Waals surface area (Å²) in [7, 11) is 3.09. The van der Waals surface area contributed by atoms with Gasteiger partial charge in [-0.1, -0.05) is 29.3 Å². The number of benzene rings is 1. The Hall–Kier alpha value is -2.32. The highest BCUT2D eigenvalue weighted by Gasteiger charge is 2.23. The van der Waals surface area contributed by atoms with Crippen molar-refractivity contribution in [2.45, 2.75) is 25.6 Å². The van der Waals surface area contributed by atoms with Gasteiger partial charge in [0.25, 0.3) is 0 Å². The average Bonchev–Trinajstić information content (AvgIpc) is 3.22. The van der Waals surface area contributed by atoms with Crippen molar-refractivity contribution in [3.8, 4) is 11.5 Å². The predicted molar refractivity (Wildman–Crippen MR) is 120 cm³/mol. The number of nitrogens with zero attached hydrogens (tertiary/aromatic N) is 1. The molecule has 1 aromatic carbocycles. The van der Waals surface area contributed by atoms with Crippen molar-refractivity contribution in [1.29, 1.82) is 0 Å². The third-order valence-electron chi connectivity index (χ3n) is 4.59. The molecule has 6 nitrogen and oxygen atoms in total. The summed E-state index contributed by atoms with van der Waals surface area (Å²) in [5.74, 6) is 0.665. The number of hydrogen-bond donors (Lipinski definition) is 1. The van der Waals surface area contributed by atoms with E-state index in [0.29, 0.717) is 32.7 Å². The fourth-order valence-corrected chi connectivity index (χ4v) is 4.43. The Morgan fingerprint density at radius 3 is 2.35 bits per heavy atom. The maximum Gasteiger partial charge on any atom is 0.311 e. The van der Waals surface area contributed by atoms with Crippen LogP contribution in [0.4, 0.5) is 0 Å². The lowest BCUT2D eigenvalue weighted by molar-refractivity contribution is -0.148. The van der Waals surface area contributed by atoms with Gasteiger partial charge in [-0.05, 0) is 35.4 Å². The Bertz CT molecular complexity index is 1040. The first-order valence-corrected chi connectivity index (χ1v) is 10.9. The van der Waals surface area contributed by atoms with Crippen LogP contribution >= 0.6 is 34.5 Å². The van der Waals surface area contributed by atoms with Gasteiger partial charge in [-0.15, -0.1) is 11.3 Å². The average molecular weight is 482 g/mol. The summed E-state index contributed by atoms with van der Waals surface area (Å²) in [5.41, 5.74) is 1.33. The van der Waals surface area contributed by atoms with E-state index in [0.717, 1.165) is 9.75 Å². The zero-order valence-electron chi connectivity index (χ0n) is 16.9. The molecule has 0 amide bonds. The third kappa shape index (κ3) is 5.89. The minimum atomic E-state index is -0.665. The standard InChI is InChI=1S/C22H21Cl2NO5S/c1-28-19-6-3-13(7-21(19)29-2)20(9-16-17(23)10-25-11-18(16)24)30-22(27)8-14-4-5-15(12-26)31-14/h3-7,10-11,20,26H,8-9,12H2,1-2H3/t20-/m0/s1. The van der Waals surface area contributed by atoms with Crippen LogP contribution in [0.25, 0.3) is 0 Å². The zero-order chi connectivity index (χ0) is 22.4. The highest BCUT2D eigenvalue weighted by molar-refractivity contribution is 7.12. The molecule has 164 valence electrons. The molecule has 0 aliphatic rings. The van der Waals surface area contributed by atoms with E-state index in [-0.39, 0.29) is 19.4 Å². The molecule has 0 saturated carbocycles. The summed E-state index contributed by atoms with van der Waals surface area (Å²) in [4.78, 5) is 18.3. The fourth-order valence-electron chi connectivity index (χ4n) is 3.04. The molecular weight excluding hydrogens is 461 g/mol. The summed E-state index contributed by atoms with van der Waals surface area (Å²) in [5, 5.41) is 10.0. The number of thiophene rings is 1. The van der Waals surface area contributed by atoms with Gasteiger partial charge >= 0.3 is 5.97 Å². The third-order valence-corrected chi connectivity index (χ3v) is 6.31. The molecular formula is C22H21Cl2NO5S. The topological polar surface area (TPSA) is 77.9 Å². The molecule has 2 aromatic heterocycles. The van der Waals surface area contributed by atoms with Crippen molar-refractivity contribution in [2.24, 2.45) is 0 Å². The first kappa shape index (κ1) is 23.3. The molecule has 9 heteroatoms. The molecule has 0 saturated heterocycles. The lowest BCUT2D eigenvalue weighted by Crippen LogP contribution is -2.16. The van der Waals surface area contributed by atoms with Crippen LogP contribution < -0.4 is 9.47 Å². The second-order valence-electron chi connectivity index (χ2n) is 6.58. The molecule has 31 heavy (non-hydrogen) atoms. The number of aromatic nitrogens is 1. The van der Waals surface area contributed by atoms with Crippen LogP contribution in [0.5, 0.6) is 11.5 Å². The van der Waals surface area contributed by atoms with Crippen molar-refractivity contribution >= 4 is 40.5 Å². The Balaban J connectivity index is 1.89. The van der Waals surface area contributed by atoms with Gasteiger partial charge in [-0.25, -0.2) is 0 Å². The van der Waals surface area contributed by atoms with Crippen LogP contribution in [0.1, 0.15) is 27.0 Å². The number of esters is 1. The van der Waals surface area contributed by atoms with E-state index in [4.69, 9.17) is 37.4 Å². The second-order valence-corrected chi connectivity index (χ2v) is 8.65. The van der Waals surface area contributed by atoms with Crippen LogP contribution in [-0.4, -0.2) is 30.3 Å². The molecule has 0 radical (unpaired) electrons. The Kier molecular flexibility index (Phi) is 8.15. The molecule has 3 rings (SSSR count). The van der Waals surface area contributed by atoms with Crippen LogP contribution in [0, 0.1) is 0 Å². The van der Waals surface area contributed by atoms with Gasteiger partial charge in [-0.3, -0.25) is 9.78 Å². The lowest BCUT2D eigenvalue weighted by Gasteiger charge is -2.21. The quantitative estimate of drug-likeness (QED) is 0.431. The van der Waals surface area contributed by atoms with Gasteiger partial charge in [0.15, 0.2) is 11.5 Å². The van der Waals surface area contributed by atoms with E-state index >= 15 is 0 Å². The van der Waals surface area contributed by atoms with Gasteiger partial charge in [-0.2, -0.15) is 0 Å². The van der Waals surface area contributed by atoms with E-state index in [1.165, 1.54) is 30.8 Å². The minimum absolute atomic E-state index is 0.0625. The second kappa shape index (κ2) is 10.8. The molecule has 0 unspecified atom stereocenters. The largest absolute Gasteiger partial charge is 0.493 e. The van der Waals surface area contributed by atoms with Gasteiger partial charge in [0.1, 0.15) is 6.10 Å². The number of ether oxygens (including phenoxy) is 3. The summed E-state index contributed by atoms with van der Waals surface area (Å²) in [6.45, 7) is -0.0625. The van der Waals surface area contributed by atoms with Crippen molar-refractivity contribution in [2.75, 3.05) is 14.2 Å². The van der Waals surface area contributed by atoms with E-state index in [1.807, 2.05) is 0 Å². The molecule has 1 atom stereocenters. The number of aliphatic hydroxyl groups excluding tert-OH is 1. The molecule has 1 N–H and O–H groups in total. The molecule has 3 aromatic rings. The van der Waals surface area contributed by atoms with Crippen molar-refractivity contribution in [1.82, 2.24) is 4.98 Å². The molecule has 0 aliphatic heterocycles. The van der Waals surface area contributed by atoms with Crippen LogP contribution in [0.15, 0.2) is 42.7 Å². The zero-order valence-corrected chi connectivity index (χ0v) is 19.3. The molecule has 0 fully saturated rings. The molecule has 0 spiro atoms. The highest BCUT2D eigenvalue weighted by Crippen LogP contribution is 2.35. The van der Waals surface area contributed by atoms with Crippen LogP contribution in [0.3, 0.4) is 0 Å². The van der Waals surface area contributed by atoms with Gasteiger partial charge in [0.2, 0.25) is 0 Å². The van der Waals surface area contributed by atoms with E-state index in [1.54, 1.807) is 37.4 Å². The van der Waals surface area contributed by atoms with Gasteiger partial charge in [0.05, 0.1) is 37.3 Å². The highest BCUT2D eigenvalue weighted by atomic mass is 35.5. The lowest BCUT2D eigenvalue weighted by atomic mass is 10.0. The normalized spacial score (nSPS) is 11.8. The maximum atomic E-state index is 12.7. The maximum absolute atomic E-state index is 12.7. The van der Waals surface area contributed by atoms with Gasteiger partial charge in [0, 0.05) is 28.6 Å². The number of rotatable bonds is 9. The van der Waals surface area contributed by atoms with E-state index in [2.05, 4.69) is 4.98 Å². The first-order chi connectivity index (χ1) is 14.9. The van der Waals surface area contributed by atoms with E-state index < -0.39 is 12.1 Å². The fraction of sp³-hybridized carbons (Fsp3) is 0.273. The number of carbonyl (C=O) groups is 1. The first-order valence-electron chi connectivity index (χ1n) is 9.32. The number of carbonyl (C=O) groups excluding carboxylic acids is 1. The minimum Gasteiger partial charge on any atom is -0.493 e. The summed E-state index contributed by atoms with van der Waals surface area (Å²) >= 11 is 14.0. The number of methoxy groups -OCH3 is 2. The summed E-state index contributed by atoms with van der Waals surface area (Å²) in [6.07, 6.45) is 2.68. The molecule has 0 bridgehead atoms. The Morgan fingerprint density at radius 2 is 1.74 bits per heavy atom. The number of aliphatic hydroxyl groups is 1. The number of pyridine rings is 1. The SMILES string of the molecule is COc1ccc([C@H](Cc2c(Cl)cncc2Cl)OC(=O)Cc2ccc(CO)s2)cc1OC. The van der Waals surface area contributed by atoms with Crippen molar-refractivity contribution < 1.29 is 24.1 Å². The molecule has 2 heterocycles. The van der Waals surface area contributed by atoms with Crippen LogP contribution in [0.2, 0.25) is 10.0 Å². The monoisotopic (exact) mass is 481 g/mol. The van der Waals surface area contributed by atoms with Gasteiger partial charge < -0.3 is 19.3 Å². The Morgan fingerprint density at radius 1 is 1.06 bits per heavy atom. The smallest absolute Gasteiger partial charge is 0.311 e. The predicted octanol–water partition coefficient (Wildman–Crippen LogP) is 5.03. The Labute approximate surface area is 194 Å². The van der Waals surface area contributed by atoms with Crippen LogP contribution in [-0.2, 0) is 29.0 Å². The number of halogens is 2. The number of hydrogen-bond acceptors (Lipinski definition) is 7. The van der Waals surface area contributed by atoms with Crippen molar-refractivity contribution in [3.63, 3.8) is 0 Å². The van der Waals surface area contributed by atoms with Crippen molar-refractivity contribution in [3.05, 3.63) is 73.7 Å². The molecule has 0 aliphatic carbocycles.